The fourth-order valence-electron chi connectivity index (χ4n) is 2.15. The molecule has 6 nitrogen and oxygen atoms in total. The topological polar surface area (TPSA) is 81.7 Å². The molecule has 0 radical (unpaired) electrons. The maximum Gasteiger partial charge on any atom is 0.335 e. The van der Waals surface area contributed by atoms with E-state index < -0.39 is 5.97 Å². The molecule has 1 aromatic rings. The minimum Gasteiger partial charge on any atom is -0.478 e. The highest BCUT2D eigenvalue weighted by molar-refractivity contribution is 6.33. The third-order valence-corrected chi connectivity index (χ3v) is 3.52. The van der Waals surface area contributed by atoms with E-state index in [0.29, 0.717) is 5.02 Å². The predicted molar refractivity (Wildman–Crippen MR) is 76.5 cm³/mol. The van der Waals surface area contributed by atoms with Crippen LogP contribution in [0, 0.1) is 0 Å². The molecule has 1 aliphatic heterocycles. The second kappa shape index (κ2) is 6.11. The molecule has 0 bridgehead atoms. The van der Waals surface area contributed by atoms with Crippen molar-refractivity contribution in [2.75, 3.05) is 25.5 Å². The van der Waals surface area contributed by atoms with Crippen molar-refractivity contribution in [3.05, 3.63) is 28.8 Å². The highest BCUT2D eigenvalue weighted by Crippen LogP contribution is 2.23. The first-order chi connectivity index (χ1) is 9.45. The van der Waals surface area contributed by atoms with Crippen LogP contribution >= 0.6 is 11.6 Å². The number of rotatable bonds is 3. The van der Waals surface area contributed by atoms with Crippen LogP contribution < -0.4 is 10.6 Å². The molecule has 2 rings (SSSR count). The van der Waals surface area contributed by atoms with E-state index in [1.165, 1.54) is 18.2 Å². The normalized spacial score (nSPS) is 18.8. The molecule has 108 valence electrons. The third-order valence-electron chi connectivity index (χ3n) is 3.19. The number of carboxylic acids is 1. The molecule has 3 N–H and O–H groups in total. The van der Waals surface area contributed by atoms with Crippen LogP contribution in [0.3, 0.4) is 0 Å². The summed E-state index contributed by atoms with van der Waals surface area (Å²) in [5, 5.41) is 14.6. The van der Waals surface area contributed by atoms with Gasteiger partial charge in [0.2, 0.25) is 0 Å². The van der Waals surface area contributed by atoms with Gasteiger partial charge in [-0.25, -0.2) is 9.59 Å². The van der Waals surface area contributed by atoms with Gasteiger partial charge in [-0.15, -0.1) is 0 Å². The van der Waals surface area contributed by atoms with Crippen LogP contribution in [-0.4, -0.2) is 48.2 Å². The van der Waals surface area contributed by atoms with E-state index in [1.807, 2.05) is 7.05 Å². The summed E-state index contributed by atoms with van der Waals surface area (Å²) >= 11 is 5.94. The Kier molecular flexibility index (Phi) is 4.46. The lowest BCUT2D eigenvalue weighted by Crippen LogP contribution is -2.39. The van der Waals surface area contributed by atoms with Gasteiger partial charge in [0, 0.05) is 12.6 Å². The largest absolute Gasteiger partial charge is 0.478 e. The molecule has 7 heteroatoms. The fourth-order valence-corrected chi connectivity index (χ4v) is 2.32. The summed E-state index contributed by atoms with van der Waals surface area (Å²) < 4.78 is 0. The number of benzene rings is 1. The van der Waals surface area contributed by atoms with Crippen molar-refractivity contribution in [2.45, 2.75) is 12.5 Å². The summed E-state index contributed by atoms with van der Waals surface area (Å²) in [5.41, 5.74) is 0.362. The first-order valence-electron chi connectivity index (χ1n) is 6.24. The number of nitrogens with zero attached hydrogens (tertiary/aromatic N) is 1. The summed E-state index contributed by atoms with van der Waals surface area (Å²) in [4.78, 5) is 24.9. The van der Waals surface area contributed by atoms with Gasteiger partial charge in [-0.2, -0.15) is 0 Å². The molecule has 20 heavy (non-hydrogen) atoms. The zero-order valence-electron chi connectivity index (χ0n) is 11.0. The van der Waals surface area contributed by atoms with E-state index in [2.05, 4.69) is 15.5 Å². The van der Waals surface area contributed by atoms with Gasteiger partial charge >= 0.3 is 12.0 Å². The highest BCUT2D eigenvalue weighted by Gasteiger charge is 2.21. The van der Waals surface area contributed by atoms with Gasteiger partial charge in [0.25, 0.3) is 0 Å². The molecule has 1 saturated heterocycles. The van der Waals surface area contributed by atoms with E-state index in [0.717, 1.165) is 19.5 Å². The van der Waals surface area contributed by atoms with Gasteiger partial charge in [-0.3, -0.25) is 0 Å². The summed E-state index contributed by atoms with van der Waals surface area (Å²) in [6.45, 7) is 1.75. The van der Waals surface area contributed by atoms with E-state index in [4.69, 9.17) is 16.7 Å². The SMILES string of the molecule is CN1CCC(NC(=O)Nc2cc(C(=O)O)ccc2Cl)C1. The van der Waals surface area contributed by atoms with Crippen LogP contribution in [0.5, 0.6) is 0 Å². The second-order valence-electron chi connectivity index (χ2n) is 4.85. The van der Waals surface area contributed by atoms with Gasteiger partial charge in [-0.05, 0) is 38.2 Å². The van der Waals surface area contributed by atoms with Gasteiger partial charge in [0.1, 0.15) is 0 Å². The van der Waals surface area contributed by atoms with Crippen LogP contribution in [0.15, 0.2) is 18.2 Å². The number of likely N-dealkylation sites (N-methyl/N-ethyl adjacent to an activating group) is 1. The minimum atomic E-state index is -1.07. The Hall–Kier alpha value is -1.79. The highest BCUT2D eigenvalue weighted by atomic mass is 35.5. The van der Waals surface area contributed by atoms with Crippen LogP contribution in [-0.2, 0) is 0 Å². The number of anilines is 1. The molecule has 1 aliphatic rings. The maximum atomic E-state index is 11.9. The number of amides is 2. The number of carbonyl (C=O) groups excluding carboxylic acids is 1. The van der Waals surface area contributed by atoms with Crippen LogP contribution in [0.2, 0.25) is 5.02 Å². The predicted octanol–water partition coefficient (Wildman–Crippen LogP) is 1.86. The lowest BCUT2D eigenvalue weighted by atomic mass is 10.2. The Balaban J connectivity index is 2.00. The third kappa shape index (κ3) is 3.61. The van der Waals surface area contributed by atoms with E-state index >= 15 is 0 Å². The number of nitrogens with one attached hydrogen (secondary N) is 2. The van der Waals surface area contributed by atoms with Crippen molar-refractivity contribution >= 4 is 29.3 Å². The second-order valence-corrected chi connectivity index (χ2v) is 5.25. The first-order valence-corrected chi connectivity index (χ1v) is 6.62. The molecule has 0 saturated carbocycles. The molecule has 1 atom stereocenters. The molecule has 1 heterocycles. The fraction of sp³-hybridized carbons (Fsp3) is 0.385. The van der Waals surface area contributed by atoms with Crippen LogP contribution in [0.1, 0.15) is 16.8 Å². The van der Waals surface area contributed by atoms with Crippen molar-refractivity contribution < 1.29 is 14.7 Å². The number of likely N-dealkylation sites (tertiary alicyclic amines) is 1. The zero-order chi connectivity index (χ0) is 14.7. The Morgan fingerprint density at radius 1 is 1.45 bits per heavy atom. The molecule has 0 aliphatic carbocycles. The van der Waals surface area contributed by atoms with Crippen molar-refractivity contribution in [3.63, 3.8) is 0 Å². The van der Waals surface area contributed by atoms with Crippen molar-refractivity contribution in [2.24, 2.45) is 0 Å². The van der Waals surface area contributed by atoms with Gasteiger partial charge < -0.3 is 20.6 Å². The van der Waals surface area contributed by atoms with Crippen molar-refractivity contribution in [1.29, 1.82) is 0 Å². The first kappa shape index (κ1) is 14.6. The lowest BCUT2D eigenvalue weighted by Gasteiger charge is -2.14. The summed E-state index contributed by atoms with van der Waals surface area (Å²) in [7, 11) is 1.99. The monoisotopic (exact) mass is 297 g/mol. The number of hydrogen-bond donors (Lipinski definition) is 3. The average molecular weight is 298 g/mol. The number of urea groups is 1. The van der Waals surface area contributed by atoms with E-state index in [-0.39, 0.29) is 23.3 Å². The van der Waals surface area contributed by atoms with Crippen LogP contribution in [0.25, 0.3) is 0 Å². The molecule has 0 aromatic heterocycles. The molecular weight excluding hydrogens is 282 g/mol. The lowest BCUT2D eigenvalue weighted by molar-refractivity contribution is 0.0697. The minimum absolute atomic E-state index is 0.0744. The zero-order valence-corrected chi connectivity index (χ0v) is 11.8. The Labute approximate surface area is 121 Å². The van der Waals surface area contributed by atoms with E-state index in [1.54, 1.807) is 0 Å². The van der Waals surface area contributed by atoms with Crippen LogP contribution in [0.4, 0.5) is 10.5 Å². The molecular formula is C13H16ClN3O3. The Morgan fingerprint density at radius 3 is 2.80 bits per heavy atom. The Morgan fingerprint density at radius 2 is 2.20 bits per heavy atom. The van der Waals surface area contributed by atoms with Crippen molar-refractivity contribution in [1.82, 2.24) is 10.2 Å². The summed E-state index contributed by atoms with van der Waals surface area (Å²) in [6.07, 6.45) is 0.896. The smallest absolute Gasteiger partial charge is 0.335 e. The number of aromatic carboxylic acids is 1. The number of carboxylic acid groups (broad SMARTS) is 1. The molecule has 1 unspecified atom stereocenters. The average Bonchev–Trinajstić information content (AvgIpc) is 2.77. The van der Waals surface area contributed by atoms with Crippen molar-refractivity contribution in [3.8, 4) is 0 Å². The maximum absolute atomic E-state index is 11.9. The molecule has 1 fully saturated rings. The quantitative estimate of drug-likeness (QED) is 0.795. The number of hydrogen-bond acceptors (Lipinski definition) is 3. The molecule has 0 spiro atoms. The van der Waals surface area contributed by atoms with Gasteiger partial charge in [0.05, 0.1) is 16.3 Å². The molecule has 1 aromatic carbocycles. The summed E-state index contributed by atoms with van der Waals surface area (Å²) in [5.74, 6) is -1.07. The van der Waals surface area contributed by atoms with Gasteiger partial charge in [-0.1, -0.05) is 11.6 Å². The summed E-state index contributed by atoms with van der Waals surface area (Å²) in [6, 6.07) is 3.89. The number of halogens is 1. The Bertz CT molecular complexity index is 536. The standard InChI is InChI=1S/C13H16ClN3O3/c1-17-5-4-9(7-17)15-13(20)16-11-6-8(12(18)19)2-3-10(11)14/h2-3,6,9H,4-5,7H2,1H3,(H,18,19)(H2,15,16,20). The number of carbonyl (C=O) groups is 2. The van der Waals surface area contributed by atoms with Gasteiger partial charge in [0.15, 0.2) is 0 Å². The molecule has 2 amide bonds. The van der Waals surface area contributed by atoms with E-state index in [9.17, 15) is 9.59 Å².